The predicted molar refractivity (Wildman–Crippen MR) is 52.1 cm³/mol. The van der Waals surface area contributed by atoms with Gasteiger partial charge in [0.05, 0.1) is 12.3 Å². The van der Waals surface area contributed by atoms with E-state index >= 15 is 0 Å². The third kappa shape index (κ3) is 3.31. The van der Waals surface area contributed by atoms with Crippen LogP contribution in [0.2, 0.25) is 0 Å². The van der Waals surface area contributed by atoms with Crippen molar-refractivity contribution in [1.82, 2.24) is 4.98 Å². The smallest absolute Gasteiger partial charge is 0.278 e. The summed E-state index contributed by atoms with van der Waals surface area (Å²) in [5.41, 5.74) is 0. The molecule has 0 saturated carbocycles. The molecule has 1 aromatic rings. The number of imidazole rings is 1. The van der Waals surface area contributed by atoms with Crippen LogP contribution in [0.15, 0.2) is 19.0 Å². The molecule has 2 N–H and O–H groups in total. The van der Waals surface area contributed by atoms with Crippen molar-refractivity contribution >= 4 is 16.2 Å². The van der Waals surface area contributed by atoms with E-state index in [1.807, 2.05) is 4.57 Å². The number of nitrogens with one attached hydrogen (secondary N) is 1. The van der Waals surface area contributed by atoms with Crippen molar-refractivity contribution in [2.24, 2.45) is 0 Å². The third-order valence-corrected chi connectivity index (χ3v) is 2.59. The molecule has 5 nitrogen and oxygen atoms in total. The van der Waals surface area contributed by atoms with Crippen molar-refractivity contribution in [3.05, 3.63) is 24.8 Å². The SMILES string of the molecule is C=Cc1[nH]cc[n+]1CCCS(=O)(=O)O. The van der Waals surface area contributed by atoms with Gasteiger partial charge in [0, 0.05) is 12.5 Å². The average molecular weight is 217 g/mol. The van der Waals surface area contributed by atoms with Gasteiger partial charge in [-0.15, -0.1) is 0 Å². The van der Waals surface area contributed by atoms with E-state index in [2.05, 4.69) is 11.6 Å². The molecule has 1 heterocycles. The fraction of sp³-hybridized carbons (Fsp3) is 0.375. The molecule has 14 heavy (non-hydrogen) atoms. The Morgan fingerprint density at radius 2 is 2.36 bits per heavy atom. The van der Waals surface area contributed by atoms with E-state index in [0.29, 0.717) is 13.0 Å². The van der Waals surface area contributed by atoms with E-state index in [4.69, 9.17) is 4.55 Å². The summed E-state index contributed by atoms with van der Waals surface area (Å²) in [7, 11) is -3.85. The summed E-state index contributed by atoms with van der Waals surface area (Å²) >= 11 is 0. The number of nitrogens with zero attached hydrogens (tertiary/aromatic N) is 1. The van der Waals surface area contributed by atoms with Gasteiger partial charge >= 0.3 is 0 Å². The number of aromatic nitrogens is 2. The maximum atomic E-state index is 10.4. The molecule has 0 radical (unpaired) electrons. The second-order valence-electron chi connectivity index (χ2n) is 2.88. The van der Waals surface area contributed by atoms with Crippen LogP contribution in [0.25, 0.3) is 6.08 Å². The van der Waals surface area contributed by atoms with Crippen LogP contribution in [0.1, 0.15) is 12.2 Å². The monoisotopic (exact) mass is 217 g/mol. The number of H-pyrrole nitrogens is 1. The fourth-order valence-electron chi connectivity index (χ4n) is 1.16. The van der Waals surface area contributed by atoms with Gasteiger partial charge in [0.15, 0.2) is 0 Å². The van der Waals surface area contributed by atoms with Crippen molar-refractivity contribution in [1.29, 1.82) is 0 Å². The summed E-state index contributed by atoms with van der Waals surface area (Å²) in [4.78, 5) is 2.94. The van der Waals surface area contributed by atoms with Gasteiger partial charge in [0.25, 0.3) is 15.9 Å². The zero-order valence-corrected chi connectivity index (χ0v) is 8.50. The van der Waals surface area contributed by atoms with E-state index < -0.39 is 10.1 Å². The lowest BCUT2D eigenvalue weighted by atomic mass is 10.4. The first-order valence-electron chi connectivity index (χ1n) is 4.17. The number of hydrogen-bond donors (Lipinski definition) is 2. The summed E-state index contributed by atoms with van der Waals surface area (Å²) in [5, 5.41) is 0. The molecule has 0 aromatic carbocycles. The van der Waals surface area contributed by atoms with Crippen LogP contribution >= 0.6 is 0 Å². The first-order valence-corrected chi connectivity index (χ1v) is 5.78. The summed E-state index contributed by atoms with van der Waals surface area (Å²) in [6.07, 6.45) is 5.56. The molecule has 0 bridgehead atoms. The Bertz CT molecular complexity index is 408. The zero-order chi connectivity index (χ0) is 10.6. The molecule has 0 saturated heterocycles. The van der Waals surface area contributed by atoms with Gasteiger partial charge in [-0.05, 0) is 0 Å². The van der Waals surface area contributed by atoms with Gasteiger partial charge in [-0.3, -0.25) is 4.55 Å². The minimum Gasteiger partial charge on any atom is -0.286 e. The minimum atomic E-state index is -3.85. The highest BCUT2D eigenvalue weighted by Gasteiger charge is 2.09. The highest BCUT2D eigenvalue weighted by Crippen LogP contribution is 1.92. The maximum Gasteiger partial charge on any atom is 0.278 e. The molecule has 0 aliphatic heterocycles. The largest absolute Gasteiger partial charge is 0.286 e. The molecule has 0 aliphatic rings. The highest BCUT2D eigenvalue weighted by atomic mass is 32.2. The molecular formula is C8H13N2O3S+. The van der Waals surface area contributed by atoms with Gasteiger partial charge in [0.1, 0.15) is 12.4 Å². The minimum absolute atomic E-state index is 0.220. The van der Waals surface area contributed by atoms with E-state index in [1.165, 1.54) is 0 Å². The normalized spacial score (nSPS) is 11.5. The molecule has 0 aliphatic carbocycles. The van der Waals surface area contributed by atoms with Gasteiger partial charge in [-0.25, -0.2) is 9.55 Å². The number of aromatic amines is 1. The molecule has 0 atom stereocenters. The topological polar surface area (TPSA) is 74.0 Å². The van der Waals surface area contributed by atoms with Gasteiger partial charge < -0.3 is 0 Å². The summed E-state index contributed by atoms with van der Waals surface area (Å²) < 4.78 is 31.2. The Hall–Kier alpha value is -1.14. The first kappa shape index (κ1) is 10.9. The summed E-state index contributed by atoms with van der Waals surface area (Å²) in [6.45, 7) is 4.13. The Labute approximate surface area is 82.8 Å². The third-order valence-electron chi connectivity index (χ3n) is 1.79. The lowest BCUT2D eigenvalue weighted by molar-refractivity contribution is -0.697. The lowest BCUT2D eigenvalue weighted by Crippen LogP contribution is -2.35. The maximum absolute atomic E-state index is 10.4. The highest BCUT2D eigenvalue weighted by molar-refractivity contribution is 7.85. The second kappa shape index (κ2) is 4.39. The summed E-state index contributed by atoms with van der Waals surface area (Å²) in [6, 6.07) is 0. The number of aryl methyl sites for hydroxylation is 1. The molecule has 0 unspecified atom stereocenters. The molecular weight excluding hydrogens is 204 g/mol. The molecule has 0 amide bonds. The van der Waals surface area contributed by atoms with Gasteiger partial charge in [0.2, 0.25) is 0 Å². The average Bonchev–Trinajstić information content (AvgIpc) is 2.49. The predicted octanol–water partition coefficient (Wildman–Crippen LogP) is 0.223. The number of hydrogen-bond acceptors (Lipinski definition) is 2. The van der Waals surface area contributed by atoms with Crippen LogP contribution in [0, 0.1) is 0 Å². The second-order valence-corrected chi connectivity index (χ2v) is 4.45. The van der Waals surface area contributed by atoms with Gasteiger partial charge in [-0.2, -0.15) is 8.42 Å². The van der Waals surface area contributed by atoms with E-state index in [-0.39, 0.29) is 5.75 Å². The van der Waals surface area contributed by atoms with Crippen LogP contribution in [-0.4, -0.2) is 23.7 Å². The van der Waals surface area contributed by atoms with Crippen molar-refractivity contribution in [3.8, 4) is 0 Å². The van der Waals surface area contributed by atoms with Crippen LogP contribution in [0.4, 0.5) is 0 Å². The quantitative estimate of drug-likeness (QED) is 0.547. The van der Waals surface area contributed by atoms with E-state index in [0.717, 1.165) is 5.82 Å². The van der Waals surface area contributed by atoms with Crippen LogP contribution in [0.3, 0.4) is 0 Å². The van der Waals surface area contributed by atoms with Crippen LogP contribution in [0.5, 0.6) is 0 Å². The first-order chi connectivity index (χ1) is 6.53. The molecule has 0 spiro atoms. The molecule has 1 aromatic heterocycles. The Kier molecular flexibility index (Phi) is 3.43. The van der Waals surface area contributed by atoms with Crippen molar-refractivity contribution < 1.29 is 17.5 Å². The molecule has 1 rings (SSSR count). The Balaban J connectivity index is 2.50. The van der Waals surface area contributed by atoms with E-state index in [9.17, 15) is 8.42 Å². The Morgan fingerprint density at radius 1 is 1.64 bits per heavy atom. The molecule has 6 heteroatoms. The summed E-state index contributed by atoms with van der Waals surface area (Å²) in [5.74, 6) is 0.599. The molecule has 78 valence electrons. The van der Waals surface area contributed by atoms with Crippen LogP contribution < -0.4 is 4.57 Å². The molecule has 0 fully saturated rings. The van der Waals surface area contributed by atoms with Crippen molar-refractivity contribution in [2.75, 3.05) is 5.75 Å². The fourth-order valence-corrected chi connectivity index (χ4v) is 1.66. The Morgan fingerprint density at radius 3 is 2.93 bits per heavy atom. The van der Waals surface area contributed by atoms with E-state index in [1.54, 1.807) is 18.5 Å². The van der Waals surface area contributed by atoms with Crippen molar-refractivity contribution in [2.45, 2.75) is 13.0 Å². The van der Waals surface area contributed by atoms with Gasteiger partial charge in [-0.1, -0.05) is 6.58 Å². The zero-order valence-electron chi connectivity index (χ0n) is 7.68. The number of rotatable bonds is 5. The van der Waals surface area contributed by atoms with Crippen molar-refractivity contribution in [3.63, 3.8) is 0 Å². The lowest BCUT2D eigenvalue weighted by Gasteiger charge is -1.97. The van der Waals surface area contributed by atoms with Crippen LogP contribution in [-0.2, 0) is 16.7 Å². The standard InChI is InChI=1S/C8H12N2O3S/c1-2-8-9-4-6-10(8)5-3-7-14(11,12)13/h2,4,6H,1,3,5,7H2,(H,11,12,13)/p+1.